The minimum absolute atomic E-state index is 0.0444. The number of aliphatic imine (C=N–C) groups is 1. The van der Waals surface area contributed by atoms with Crippen LogP contribution in [0.3, 0.4) is 0 Å². The van der Waals surface area contributed by atoms with E-state index >= 15 is 0 Å². The van der Waals surface area contributed by atoms with E-state index in [1.165, 1.54) is 11.8 Å². The zero-order valence-electron chi connectivity index (χ0n) is 21.0. The van der Waals surface area contributed by atoms with E-state index in [4.69, 9.17) is 19.2 Å². The van der Waals surface area contributed by atoms with Crippen molar-refractivity contribution in [2.45, 2.75) is 25.1 Å². The van der Waals surface area contributed by atoms with Gasteiger partial charge in [-0.2, -0.15) is 0 Å². The Kier molecular flexibility index (Phi) is 8.68. The SMILES string of the molecule is CCOc1cccc(NC(=O)C2CC(=O)N(Cc3ccc(OC)c(OC)c3)C(=Nc3ccccc3)S2)c1. The highest BCUT2D eigenvalue weighted by Crippen LogP contribution is 2.33. The number of carbonyl (C=O) groups excluding carboxylic acids is 2. The summed E-state index contributed by atoms with van der Waals surface area (Å²) in [6.07, 6.45) is 0.0444. The average Bonchev–Trinajstić information content (AvgIpc) is 2.91. The monoisotopic (exact) mass is 519 g/mol. The van der Waals surface area contributed by atoms with E-state index in [0.29, 0.717) is 40.4 Å². The zero-order chi connectivity index (χ0) is 26.2. The summed E-state index contributed by atoms with van der Waals surface area (Å²) in [5, 5.41) is 2.74. The number of hydrogen-bond acceptors (Lipinski definition) is 7. The van der Waals surface area contributed by atoms with Gasteiger partial charge in [-0.05, 0) is 48.9 Å². The molecule has 8 nitrogen and oxygen atoms in total. The van der Waals surface area contributed by atoms with Crippen molar-refractivity contribution in [1.29, 1.82) is 0 Å². The van der Waals surface area contributed by atoms with Gasteiger partial charge in [-0.3, -0.25) is 14.5 Å². The van der Waals surface area contributed by atoms with Crippen LogP contribution in [0.25, 0.3) is 0 Å². The molecule has 192 valence electrons. The lowest BCUT2D eigenvalue weighted by molar-refractivity contribution is -0.129. The van der Waals surface area contributed by atoms with Crippen LogP contribution in [0.15, 0.2) is 77.8 Å². The Morgan fingerprint density at radius 2 is 1.81 bits per heavy atom. The van der Waals surface area contributed by atoms with E-state index in [1.807, 2.05) is 61.5 Å². The van der Waals surface area contributed by atoms with Crippen LogP contribution in [0.2, 0.25) is 0 Å². The molecule has 0 aromatic heterocycles. The quantitative estimate of drug-likeness (QED) is 0.415. The average molecular weight is 520 g/mol. The Morgan fingerprint density at radius 1 is 1.03 bits per heavy atom. The smallest absolute Gasteiger partial charge is 0.238 e. The Balaban J connectivity index is 1.58. The highest BCUT2D eigenvalue weighted by atomic mass is 32.2. The second-order valence-corrected chi connectivity index (χ2v) is 9.33. The third kappa shape index (κ3) is 6.62. The molecule has 1 fully saturated rings. The van der Waals surface area contributed by atoms with Crippen molar-refractivity contribution < 1.29 is 23.8 Å². The molecule has 1 saturated heterocycles. The molecule has 0 aliphatic carbocycles. The first-order valence-corrected chi connectivity index (χ1v) is 12.7. The van der Waals surface area contributed by atoms with E-state index in [2.05, 4.69) is 5.32 Å². The van der Waals surface area contributed by atoms with Crippen LogP contribution < -0.4 is 19.5 Å². The third-order valence-electron chi connectivity index (χ3n) is 5.61. The fourth-order valence-electron chi connectivity index (χ4n) is 3.82. The van der Waals surface area contributed by atoms with Crippen LogP contribution in [0.4, 0.5) is 11.4 Å². The number of carbonyl (C=O) groups is 2. The summed E-state index contributed by atoms with van der Waals surface area (Å²) in [7, 11) is 3.14. The van der Waals surface area contributed by atoms with E-state index in [1.54, 1.807) is 37.3 Å². The Labute approximate surface area is 220 Å². The number of amides is 2. The molecule has 3 aromatic rings. The van der Waals surface area contributed by atoms with Crippen molar-refractivity contribution in [3.05, 3.63) is 78.4 Å². The number of amidine groups is 1. The molecule has 0 radical (unpaired) electrons. The first-order valence-electron chi connectivity index (χ1n) is 11.9. The minimum atomic E-state index is -0.632. The molecule has 37 heavy (non-hydrogen) atoms. The standard InChI is InChI=1S/C28H29N3O5S/c1-4-36-22-12-8-11-21(16-22)29-27(33)25-17-26(32)31(28(37-25)30-20-9-6-5-7-10-20)18-19-13-14-23(34-2)24(15-19)35-3/h5-16,25H,4,17-18H2,1-3H3,(H,29,33). The van der Waals surface area contributed by atoms with Crippen LogP contribution in [-0.2, 0) is 16.1 Å². The normalized spacial score (nSPS) is 16.4. The summed E-state index contributed by atoms with van der Waals surface area (Å²) in [4.78, 5) is 32.9. The zero-order valence-corrected chi connectivity index (χ0v) is 21.8. The van der Waals surface area contributed by atoms with Gasteiger partial charge in [0.25, 0.3) is 0 Å². The van der Waals surface area contributed by atoms with Gasteiger partial charge in [0.1, 0.15) is 11.0 Å². The molecular weight excluding hydrogens is 490 g/mol. The molecule has 1 atom stereocenters. The molecule has 1 unspecified atom stereocenters. The molecule has 1 aliphatic rings. The Morgan fingerprint density at radius 3 is 2.54 bits per heavy atom. The highest BCUT2D eigenvalue weighted by Gasteiger charge is 2.36. The third-order valence-corrected chi connectivity index (χ3v) is 6.80. The fourth-order valence-corrected chi connectivity index (χ4v) is 4.92. The lowest BCUT2D eigenvalue weighted by atomic mass is 10.1. The number of nitrogens with zero attached hydrogens (tertiary/aromatic N) is 2. The minimum Gasteiger partial charge on any atom is -0.494 e. The van der Waals surface area contributed by atoms with Crippen molar-refractivity contribution in [3.8, 4) is 17.2 Å². The molecule has 1 heterocycles. The summed E-state index contributed by atoms with van der Waals surface area (Å²) in [6.45, 7) is 2.71. The number of hydrogen-bond donors (Lipinski definition) is 1. The summed E-state index contributed by atoms with van der Waals surface area (Å²) in [5.74, 6) is 1.39. The van der Waals surface area contributed by atoms with Crippen LogP contribution in [-0.4, -0.2) is 48.0 Å². The summed E-state index contributed by atoms with van der Waals surface area (Å²) >= 11 is 1.27. The van der Waals surface area contributed by atoms with Gasteiger partial charge in [0.05, 0.1) is 33.1 Å². The van der Waals surface area contributed by atoms with Gasteiger partial charge >= 0.3 is 0 Å². The second kappa shape index (κ2) is 12.3. The number of ether oxygens (including phenoxy) is 3. The first kappa shape index (κ1) is 26.1. The molecule has 0 spiro atoms. The molecule has 1 aliphatic heterocycles. The van der Waals surface area contributed by atoms with Crippen molar-refractivity contribution in [2.24, 2.45) is 4.99 Å². The Hall–Kier alpha value is -3.98. The van der Waals surface area contributed by atoms with E-state index in [-0.39, 0.29) is 24.8 Å². The van der Waals surface area contributed by atoms with Gasteiger partial charge in [0.15, 0.2) is 16.7 Å². The van der Waals surface area contributed by atoms with Gasteiger partial charge in [0, 0.05) is 18.2 Å². The van der Waals surface area contributed by atoms with E-state index < -0.39 is 5.25 Å². The maximum atomic E-state index is 13.4. The topological polar surface area (TPSA) is 89.5 Å². The first-order chi connectivity index (χ1) is 18.0. The van der Waals surface area contributed by atoms with E-state index in [0.717, 1.165) is 5.56 Å². The predicted octanol–water partition coefficient (Wildman–Crippen LogP) is 5.26. The lowest BCUT2D eigenvalue weighted by Crippen LogP contribution is -2.44. The molecule has 0 bridgehead atoms. The summed E-state index contributed by atoms with van der Waals surface area (Å²) < 4.78 is 16.3. The van der Waals surface area contributed by atoms with Crippen LogP contribution in [0.5, 0.6) is 17.2 Å². The van der Waals surface area contributed by atoms with Crippen molar-refractivity contribution >= 4 is 40.1 Å². The lowest BCUT2D eigenvalue weighted by Gasteiger charge is -2.32. The van der Waals surface area contributed by atoms with Gasteiger partial charge in [-0.15, -0.1) is 0 Å². The number of rotatable bonds is 9. The molecule has 9 heteroatoms. The van der Waals surface area contributed by atoms with Gasteiger partial charge in [-0.1, -0.05) is 42.1 Å². The van der Waals surface area contributed by atoms with Gasteiger partial charge < -0.3 is 19.5 Å². The molecule has 4 rings (SSSR count). The van der Waals surface area contributed by atoms with Gasteiger partial charge in [0.2, 0.25) is 11.8 Å². The fraction of sp³-hybridized carbons (Fsp3) is 0.250. The van der Waals surface area contributed by atoms with Crippen molar-refractivity contribution in [1.82, 2.24) is 4.90 Å². The second-order valence-electron chi connectivity index (χ2n) is 8.16. The molecule has 2 amide bonds. The maximum Gasteiger partial charge on any atom is 0.238 e. The van der Waals surface area contributed by atoms with Crippen molar-refractivity contribution in [3.63, 3.8) is 0 Å². The number of para-hydroxylation sites is 1. The van der Waals surface area contributed by atoms with Crippen LogP contribution in [0, 0.1) is 0 Å². The van der Waals surface area contributed by atoms with Crippen LogP contribution in [0.1, 0.15) is 18.9 Å². The van der Waals surface area contributed by atoms with Crippen LogP contribution >= 0.6 is 11.8 Å². The predicted molar refractivity (Wildman–Crippen MR) is 146 cm³/mol. The number of methoxy groups -OCH3 is 2. The number of benzene rings is 3. The molecule has 3 aromatic carbocycles. The number of nitrogens with one attached hydrogen (secondary N) is 1. The summed E-state index contributed by atoms with van der Waals surface area (Å²) in [5.41, 5.74) is 2.15. The van der Waals surface area contributed by atoms with Crippen molar-refractivity contribution in [2.75, 3.05) is 26.1 Å². The Bertz CT molecular complexity index is 1280. The number of anilines is 1. The van der Waals surface area contributed by atoms with Gasteiger partial charge in [-0.25, -0.2) is 4.99 Å². The summed E-state index contributed by atoms with van der Waals surface area (Å²) in [6, 6.07) is 22.1. The highest BCUT2D eigenvalue weighted by molar-refractivity contribution is 8.15. The molecular formula is C28H29N3O5S. The maximum absolute atomic E-state index is 13.4. The molecule has 0 saturated carbocycles. The number of thioether (sulfide) groups is 1. The molecule has 1 N–H and O–H groups in total. The largest absolute Gasteiger partial charge is 0.494 e. The van der Waals surface area contributed by atoms with E-state index in [9.17, 15) is 9.59 Å².